The number of likely N-dealkylation sites (tertiary alicyclic amines) is 1. The van der Waals surface area contributed by atoms with Crippen LogP contribution in [0.15, 0.2) is 42.5 Å². The Balaban J connectivity index is 1.33. The van der Waals surface area contributed by atoms with Crippen molar-refractivity contribution in [3.8, 4) is 11.3 Å². The molecular weight excluding hydrogens is 504 g/mol. The topological polar surface area (TPSA) is 78.2 Å². The van der Waals surface area contributed by atoms with E-state index in [9.17, 15) is 14.7 Å². The molecule has 1 saturated carbocycles. The number of para-hydroxylation sites is 1. The van der Waals surface area contributed by atoms with E-state index in [-0.39, 0.29) is 6.09 Å². The van der Waals surface area contributed by atoms with E-state index in [2.05, 4.69) is 51.7 Å². The van der Waals surface area contributed by atoms with Crippen LogP contribution in [0.4, 0.5) is 10.5 Å². The van der Waals surface area contributed by atoms with E-state index in [0.717, 1.165) is 44.7 Å². The summed E-state index contributed by atoms with van der Waals surface area (Å²) >= 11 is 0. The highest BCUT2D eigenvalue weighted by atomic mass is 16.5. The molecular formula is C32H40N4O4. The molecule has 8 nitrogen and oxygen atoms in total. The van der Waals surface area contributed by atoms with Crippen molar-refractivity contribution in [2.45, 2.75) is 57.0 Å². The Morgan fingerprint density at radius 2 is 1.82 bits per heavy atom. The largest absolute Gasteiger partial charge is 0.478 e. The second-order valence-corrected chi connectivity index (χ2v) is 11.6. The van der Waals surface area contributed by atoms with Crippen molar-refractivity contribution in [2.75, 3.05) is 51.8 Å². The normalized spacial score (nSPS) is 19.5. The zero-order valence-electron chi connectivity index (χ0n) is 23.6. The van der Waals surface area contributed by atoms with Gasteiger partial charge in [-0.05, 0) is 56.0 Å². The van der Waals surface area contributed by atoms with Gasteiger partial charge in [-0.15, -0.1) is 0 Å². The van der Waals surface area contributed by atoms with E-state index in [0.29, 0.717) is 24.1 Å². The van der Waals surface area contributed by atoms with Gasteiger partial charge in [0.05, 0.1) is 18.4 Å². The summed E-state index contributed by atoms with van der Waals surface area (Å²) < 4.78 is 7.33. The van der Waals surface area contributed by atoms with Gasteiger partial charge in [0.15, 0.2) is 0 Å². The number of nitrogens with zero attached hydrogens (tertiary/aromatic N) is 4. The summed E-state index contributed by atoms with van der Waals surface area (Å²) in [5.41, 5.74) is 6.56. The molecule has 1 atom stereocenters. The SMILES string of the molecule is COC(=O)N1CCC(N(C)CCN2CCn3c(c(C4CCCCC4)c4ccc(C(=O)O)cc43)-c3ccccc32)C1. The minimum Gasteiger partial charge on any atom is -0.478 e. The first-order chi connectivity index (χ1) is 19.5. The van der Waals surface area contributed by atoms with Crippen molar-refractivity contribution in [3.05, 3.63) is 53.6 Å². The average Bonchev–Trinajstić information content (AvgIpc) is 3.56. The summed E-state index contributed by atoms with van der Waals surface area (Å²) in [5, 5.41) is 11.0. The van der Waals surface area contributed by atoms with Crippen molar-refractivity contribution in [3.63, 3.8) is 0 Å². The van der Waals surface area contributed by atoms with Gasteiger partial charge in [-0.2, -0.15) is 0 Å². The molecule has 40 heavy (non-hydrogen) atoms. The van der Waals surface area contributed by atoms with E-state index < -0.39 is 5.97 Å². The Hall–Kier alpha value is -3.52. The zero-order valence-corrected chi connectivity index (χ0v) is 23.6. The highest BCUT2D eigenvalue weighted by Crippen LogP contribution is 2.47. The molecule has 2 aromatic carbocycles. The number of rotatable bonds is 6. The molecule has 0 spiro atoms. The van der Waals surface area contributed by atoms with Crippen LogP contribution in [-0.4, -0.2) is 84.5 Å². The van der Waals surface area contributed by atoms with Crippen LogP contribution < -0.4 is 4.90 Å². The maximum absolute atomic E-state index is 12.0. The molecule has 1 saturated heterocycles. The first-order valence-electron chi connectivity index (χ1n) is 14.7. The molecule has 6 rings (SSSR count). The fourth-order valence-corrected chi connectivity index (χ4v) is 7.22. The predicted octanol–water partition coefficient (Wildman–Crippen LogP) is 5.65. The number of carboxylic acids is 1. The van der Waals surface area contributed by atoms with E-state index in [1.54, 1.807) is 11.0 Å². The van der Waals surface area contributed by atoms with Crippen molar-refractivity contribution in [2.24, 2.45) is 0 Å². The third-order valence-corrected chi connectivity index (χ3v) is 9.40. The third kappa shape index (κ3) is 4.83. The molecule has 212 valence electrons. The minimum atomic E-state index is -0.881. The van der Waals surface area contributed by atoms with Crippen LogP contribution in [0, 0.1) is 0 Å². The molecule has 2 aliphatic heterocycles. The van der Waals surface area contributed by atoms with Gasteiger partial charge in [-0.1, -0.05) is 43.5 Å². The molecule has 3 aliphatic rings. The third-order valence-electron chi connectivity index (χ3n) is 9.40. The number of hydrogen-bond donors (Lipinski definition) is 1. The van der Waals surface area contributed by atoms with Gasteiger partial charge in [-0.25, -0.2) is 9.59 Å². The Morgan fingerprint density at radius 3 is 2.60 bits per heavy atom. The number of hydrogen-bond acceptors (Lipinski definition) is 5. The number of aromatic nitrogens is 1. The first-order valence-corrected chi connectivity index (χ1v) is 14.7. The Morgan fingerprint density at radius 1 is 1.02 bits per heavy atom. The smallest absolute Gasteiger partial charge is 0.409 e. The van der Waals surface area contributed by atoms with Gasteiger partial charge >= 0.3 is 12.1 Å². The molecule has 0 bridgehead atoms. The molecule has 3 aromatic rings. The van der Waals surface area contributed by atoms with E-state index in [1.165, 1.54) is 67.1 Å². The van der Waals surface area contributed by atoms with Gasteiger partial charge in [-0.3, -0.25) is 4.90 Å². The van der Waals surface area contributed by atoms with Crippen LogP contribution in [0.1, 0.15) is 60.4 Å². The maximum atomic E-state index is 12.0. The lowest BCUT2D eigenvalue weighted by Gasteiger charge is -2.30. The quantitative estimate of drug-likeness (QED) is 0.432. The number of amides is 1. The summed E-state index contributed by atoms with van der Waals surface area (Å²) in [5.74, 6) is -0.387. The molecule has 1 aromatic heterocycles. The first kappa shape index (κ1) is 26.7. The second kappa shape index (κ2) is 11.2. The van der Waals surface area contributed by atoms with Crippen LogP contribution >= 0.6 is 0 Å². The second-order valence-electron chi connectivity index (χ2n) is 11.6. The number of carbonyl (C=O) groups is 2. The number of fused-ring (bicyclic) bond motifs is 5. The highest BCUT2D eigenvalue weighted by molar-refractivity contribution is 5.99. The van der Waals surface area contributed by atoms with Gasteiger partial charge in [0.1, 0.15) is 0 Å². The van der Waals surface area contributed by atoms with Gasteiger partial charge in [0, 0.05) is 67.5 Å². The summed E-state index contributed by atoms with van der Waals surface area (Å²) in [6.45, 7) is 4.86. The van der Waals surface area contributed by atoms with Gasteiger partial charge < -0.3 is 24.2 Å². The van der Waals surface area contributed by atoms with Crippen molar-refractivity contribution >= 4 is 28.7 Å². The van der Waals surface area contributed by atoms with Crippen LogP contribution in [0.25, 0.3) is 22.2 Å². The summed E-state index contributed by atoms with van der Waals surface area (Å²) in [6, 6.07) is 14.8. The monoisotopic (exact) mass is 544 g/mol. The van der Waals surface area contributed by atoms with Crippen molar-refractivity contribution in [1.82, 2.24) is 14.4 Å². The zero-order chi connectivity index (χ0) is 27.8. The number of anilines is 1. The Bertz CT molecular complexity index is 1410. The lowest BCUT2D eigenvalue weighted by molar-refractivity contribution is 0.0697. The fourth-order valence-electron chi connectivity index (χ4n) is 7.22. The van der Waals surface area contributed by atoms with E-state index in [4.69, 9.17) is 4.74 Å². The molecule has 1 amide bonds. The molecule has 1 unspecified atom stereocenters. The number of likely N-dealkylation sites (N-methyl/N-ethyl adjacent to an activating group) is 1. The number of carboxylic acid groups (broad SMARTS) is 1. The highest BCUT2D eigenvalue weighted by Gasteiger charge is 2.32. The van der Waals surface area contributed by atoms with Gasteiger partial charge in [0.2, 0.25) is 0 Å². The van der Waals surface area contributed by atoms with Gasteiger partial charge in [0.25, 0.3) is 0 Å². The van der Waals surface area contributed by atoms with Crippen LogP contribution in [0.3, 0.4) is 0 Å². The number of ether oxygens (including phenoxy) is 1. The fraction of sp³-hybridized carbons (Fsp3) is 0.500. The molecule has 1 N–H and O–H groups in total. The molecule has 3 heterocycles. The number of benzene rings is 2. The van der Waals surface area contributed by atoms with Crippen LogP contribution in [0.2, 0.25) is 0 Å². The van der Waals surface area contributed by atoms with Crippen molar-refractivity contribution in [1.29, 1.82) is 0 Å². The average molecular weight is 545 g/mol. The van der Waals surface area contributed by atoms with Crippen molar-refractivity contribution < 1.29 is 19.4 Å². The molecule has 2 fully saturated rings. The standard InChI is InChI=1S/C32H40N4O4/c1-33(24-14-15-35(21-24)32(39)40-2)16-17-34-18-19-36-28-20-23(31(37)38)12-13-25(28)29(22-8-4-3-5-9-22)30(36)26-10-6-7-11-27(26)34/h6-7,10-13,20,22,24H,3-5,8-9,14-19,21H2,1-2H3,(H,37,38). The Kier molecular flexibility index (Phi) is 7.45. The maximum Gasteiger partial charge on any atom is 0.409 e. The number of carbonyl (C=O) groups excluding carboxylic acids is 1. The molecule has 8 heteroatoms. The Labute approximate surface area is 236 Å². The van der Waals surface area contributed by atoms with Crippen LogP contribution in [-0.2, 0) is 11.3 Å². The van der Waals surface area contributed by atoms with E-state index in [1.807, 2.05) is 6.07 Å². The summed E-state index contributed by atoms with van der Waals surface area (Å²) in [6.07, 6.45) is 6.88. The van der Waals surface area contributed by atoms with E-state index >= 15 is 0 Å². The minimum absolute atomic E-state index is 0.244. The number of aromatic carboxylic acids is 1. The summed E-state index contributed by atoms with van der Waals surface area (Å²) in [7, 11) is 3.60. The number of methoxy groups -OCH3 is 1. The lowest BCUT2D eigenvalue weighted by Crippen LogP contribution is -2.41. The predicted molar refractivity (Wildman–Crippen MR) is 157 cm³/mol. The molecule has 0 radical (unpaired) electrons. The lowest BCUT2D eigenvalue weighted by atomic mass is 9.81. The molecule has 1 aliphatic carbocycles. The summed E-state index contributed by atoms with van der Waals surface area (Å²) in [4.78, 5) is 30.6. The van der Waals surface area contributed by atoms with Crippen LogP contribution in [0.5, 0.6) is 0 Å².